The van der Waals surface area contributed by atoms with Gasteiger partial charge in [-0.05, 0) is 13.3 Å². The SMILES string of the molecule is C[C@]1(CCC=O)COC(=O)O1. The van der Waals surface area contributed by atoms with Gasteiger partial charge in [-0.25, -0.2) is 4.79 Å². The van der Waals surface area contributed by atoms with Crippen LogP contribution in [0, 0.1) is 0 Å². The molecule has 1 heterocycles. The molecular weight excluding hydrogens is 148 g/mol. The fourth-order valence-electron chi connectivity index (χ4n) is 0.959. The first-order valence-electron chi connectivity index (χ1n) is 3.46. The maximum atomic E-state index is 10.5. The second-order valence-corrected chi connectivity index (χ2v) is 2.80. The predicted octanol–water partition coefficient (Wildman–Crippen LogP) is 0.891. The maximum absolute atomic E-state index is 10.5. The average Bonchev–Trinajstić information content (AvgIpc) is 2.28. The van der Waals surface area contributed by atoms with E-state index in [1.54, 1.807) is 6.92 Å². The molecule has 1 aliphatic rings. The Balaban J connectivity index is 2.41. The van der Waals surface area contributed by atoms with E-state index in [9.17, 15) is 9.59 Å². The summed E-state index contributed by atoms with van der Waals surface area (Å²) < 4.78 is 9.42. The van der Waals surface area contributed by atoms with E-state index in [4.69, 9.17) is 4.74 Å². The lowest BCUT2D eigenvalue weighted by Gasteiger charge is -2.16. The van der Waals surface area contributed by atoms with Crippen LogP contribution in [0.2, 0.25) is 0 Å². The Labute approximate surface area is 64.5 Å². The molecule has 1 atom stereocenters. The van der Waals surface area contributed by atoms with E-state index in [0.717, 1.165) is 6.29 Å². The molecule has 0 aromatic heterocycles. The Hall–Kier alpha value is -1.06. The highest BCUT2D eigenvalue weighted by atomic mass is 16.8. The van der Waals surface area contributed by atoms with Crippen molar-refractivity contribution in [1.29, 1.82) is 0 Å². The summed E-state index contributed by atoms with van der Waals surface area (Å²) in [4.78, 5) is 20.5. The van der Waals surface area contributed by atoms with Gasteiger partial charge in [0.1, 0.15) is 18.5 Å². The predicted molar refractivity (Wildman–Crippen MR) is 36.1 cm³/mol. The summed E-state index contributed by atoms with van der Waals surface area (Å²) in [5, 5.41) is 0. The molecule has 0 aromatic rings. The zero-order valence-corrected chi connectivity index (χ0v) is 6.33. The highest BCUT2D eigenvalue weighted by Gasteiger charge is 2.36. The lowest BCUT2D eigenvalue weighted by atomic mass is 10.0. The first-order valence-corrected chi connectivity index (χ1v) is 3.46. The Morgan fingerprint density at radius 3 is 2.91 bits per heavy atom. The second kappa shape index (κ2) is 2.90. The smallest absolute Gasteiger partial charge is 0.430 e. The molecule has 62 valence electrons. The molecule has 11 heavy (non-hydrogen) atoms. The van der Waals surface area contributed by atoms with Crippen LogP contribution in [-0.2, 0) is 14.3 Å². The lowest BCUT2D eigenvalue weighted by molar-refractivity contribution is -0.108. The molecule has 0 aliphatic carbocycles. The third-order valence-corrected chi connectivity index (χ3v) is 1.62. The van der Waals surface area contributed by atoms with Crippen molar-refractivity contribution in [1.82, 2.24) is 0 Å². The van der Waals surface area contributed by atoms with E-state index < -0.39 is 11.8 Å². The van der Waals surface area contributed by atoms with Crippen LogP contribution in [-0.4, -0.2) is 24.6 Å². The Bertz CT molecular complexity index is 177. The molecule has 0 saturated carbocycles. The molecule has 0 unspecified atom stereocenters. The molecule has 4 nitrogen and oxygen atoms in total. The third-order valence-electron chi connectivity index (χ3n) is 1.62. The molecule has 0 amide bonds. The van der Waals surface area contributed by atoms with Gasteiger partial charge < -0.3 is 14.3 Å². The van der Waals surface area contributed by atoms with E-state index in [1.807, 2.05) is 0 Å². The zero-order valence-electron chi connectivity index (χ0n) is 6.33. The van der Waals surface area contributed by atoms with Gasteiger partial charge in [0.05, 0.1) is 0 Å². The Morgan fingerprint density at radius 2 is 2.45 bits per heavy atom. The standard InChI is InChI=1S/C7H10O4/c1-7(3-2-4-8)5-10-6(9)11-7/h4H,2-3,5H2,1H3/t7-/m0/s1. The van der Waals surface area contributed by atoms with Gasteiger partial charge in [0.15, 0.2) is 0 Å². The molecule has 4 heteroatoms. The van der Waals surface area contributed by atoms with Gasteiger partial charge in [0.25, 0.3) is 0 Å². The second-order valence-electron chi connectivity index (χ2n) is 2.80. The van der Waals surface area contributed by atoms with E-state index >= 15 is 0 Å². The molecule has 1 rings (SSSR count). The van der Waals surface area contributed by atoms with Gasteiger partial charge in [-0.15, -0.1) is 0 Å². The first-order chi connectivity index (χ1) is 5.16. The van der Waals surface area contributed by atoms with Crippen LogP contribution in [0.25, 0.3) is 0 Å². The summed E-state index contributed by atoms with van der Waals surface area (Å²) in [5.41, 5.74) is -0.585. The van der Waals surface area contributed by atoms with Gasteiger partial charge in [0.2, 0.25) is 0 Å². The molecule has 0 aromatic carbocycles. The first kappa shape index (κ1) is 8.04. The van der Waals surface area contributed by atoms with Crippen LogP contribution < -0.4 is 0 Å². The molecule has 0 bridgehead atoms. The molecule has 1 saturated heterocycles. The van der Waals surface area contributed by atoms with E-state index in [1.165, 1.54) is 0 Å². The number of hydrogen-bond donors (Lipinski definition) is 0. The van der Waals surface area contributed by atoms with E-state index in [2.05, 4.69) is 4.74 Å². The van der Waals surface area contributed by atoms with Crippen molar-refractivity contribution in [2.75, 3.05) is 6.61 Å². The Morgan fingerprint density at radius 1 is 1.73 bits per heavy atom. The fraction of sp³-hybridized carbons (Fsp3) is 0.714. The molecule has 0 spiro atoms. The van der Waals surface area contributed by atoms with Crippen molar-refractivity contribution in [2.24, 2.45) is 0 Å². The van der Waals surface area contributed by atoms with Crippen LogP contribution >= 0.6 is 0 Å². The fourth-order valence-corrected chi connectivity index (χ4v) is 0.959. The van der Waals surface area contributed by atoms with Crippen molar-refractivity contribution in [3.63, 3.8) is 0 Å². The van der Waals surface area contributed by atoms with E-state index in [0.29, 0.717) is 12.8 Å². The van der Waals surface area contributed by atoms with E-state index in [-0.39, 0.29) is 6.61 Å². The molecular formula is C7H10O4. The minimum absolute atomic E-state index is 0.250. The minimum Gasteiger partial charge on any atom is -0.430 e. The summed E-state index contributed by atoms with van der Waals surface area (Å²) >= 11 is 0. The largest absolute Gasteiger partial charge is 0.509 e. The van der Waals surface area contributed by atoms with Crippen LogP contribution in [0.5, 0.6) is 0 Å². The zero-order chi connectivity index (χ0) is 8.32. The number of aldehydes is 1. The van der Waals surface area contributed by atoms with Crippen LogP contribution in [0.1, 0.15) is 19.8 Å². The summed E-state index contributed by atoms with van der Waals surface area (Å²) in [6, 6.07) is 0. The monoisotopic (exact) mass is 158 g/mol. The van der Waals surface area contributed by atoms with Gasteiger partial charge in [-0.2, -0.15) is 0 Å². The number of carbonyl (C=O) groups is 2. The number of rotatable bonds is 3. The van der Waals surface area contributed by atoms with Crippen molar-refractivity contribution < 1.29 is 19.1 Å². The lowest BCUT2D eigenvalue weighted by Crippen LogP contribution is -2.27. The van der Waals surface area contributed by atoms with Gasteiger partial charge >= 0.3 is 6.16 Å². The number of cyclic esters (lactones) is 2. The highest BCUT2D eigenvalue weighted by Crippen LogP contribution is 2.23. The summed E-state index contributed by atoms with van der Waals surface area (Å²) in [6.07, 6.45) is 1.09. The quantitative estimate of drug-likeness (QED) is 0.452. The van der Waals surface area contributed by atoms with Crippen LogP contribution in [0.3, 0.4) is 0 Å². The maximum Gasteiger partial charge on any atom is 0.509 e. The molecule has 0 N–H and O–H groups in total. The number of ether oxygens (including phenoxy) is 2. The van der Waals surface area contributed by atoms with Crippen LogP contribution in [0.15, 0.2) is 0 Å². The summed E-state index contributed by atoms with van der Waals surface area (Å²) in [5.74, 6) is 0. The van der Waals surface area contributed by atoms with Gasteiger partial charge in [0, 0.05) is 6.42 Å². The summed E-state index contributed by atoms with van der Waals surface area (Å²) in [7, 11) is 0. The van der Waals surface area contributed by atoms with Gasteiger partial charge in [-0.1, -0.05) is 0 Å². The topological polar surface area (TPSA) is 52.6 Å². The summed E-state index contributed by atoms with van der Waals surface area (Å²) in [6.45, 7) is 2.00. The van der Waals surface area contributed by atoms with Crippen LogP contribution in [0.4, 0.5) is 4.79 Å². The van der Waals surface area contributed by atoms with Crippen molar-refractivity contribution in [3.05, 3.63) is 0 Å². The van der Waals surface area contributed by atoms with Gasteiger partial charge in [-0.3, -0.25) is 0 Å². The number of hydrogen-bond acceptors (Lipinski definition) is 4. The highest BCUT2D eigenvalue weighted by molar-refractivity contribution is 5.62. The molecule has 0 radical (unpaired) electrons. The van der Waals surface area contributed by atoms with Crippen molar-refractivity contribution in [3.8, 4) is 0 Å². The molecule has 1 aliphatic heterocycles. The van der Waals surface area contributed by atoms with Crippen molar-refractivity contribution >= 4 is 12.4 Å². The Kier molecular flexibility index (Phi) is 2.12. The van der Waals surface area contributed by atoms with Crippen molar-refractivity contribution in [2.45, 2.75) is 25.4 Å². The normalized spacial score (nSPS) is 29.4. The average molecular weight is 158 g/mol. The minimum atomic E-state index is -0.640. The third kappa shape index (κ3) is 1.93. The molecule has 1 fully saturated rings. The number of carbonyl (C=O) groups excluding carboxylic acids is 2.